The van der Waals surface area contributed by atoms with Crippen LogP contribution in [0.3, 0.4) is 0 Å². The van der Waals surface area contributed by atoms with Crippen molar-refractivity contribution in [2.75, 3.05) is 12.3 Å². The second-order valence-electron chi connectivity index (χ2n) is 17.8. The van der Waals surface area contributed by atoms with Gasteiger partial charge in [0.25, 0.3) is 5.91 Å². The standard InChI is InChI=1S/C37H59F2N5O7S/c1-34(2,3)52(50,51)22-36(17-9-6-10-18-36)43-33(49)42-26-14-8-12-20-37(38,39)19-11-7-13-25(29(45)31(47)40-23-15-16-23)41-30(46)28-27-24(35(27,4)5)21-44(28)32(26)48/h23-28H,6-22H2,1-5H3,(H,40,47)(H,41,46)(H2,42,43,49)/t24-,25-,26-,27-,28-/m0/s1. The third kappa shape index (κ3) is 9.26. The summed E-state index contributed by atoms with van der Waals surface area (Å²) in [6, 6.07) is -4.17. The number of ketones is 1. The Balaban J connectivity index is 1.39. The van der Waals surface area contributed by atoms with Crippen molar-refractivity contribution in [2.45, 2.75) is 171 Å². The monoisotopic (exact) mass is 755 g/mol. The molecule has 2 saturated heterocycles. The number of Topliss-reactive ketones (excluding diaryl/α,β-unsaturated/α-hetero) is 1. The SMILES string of the molecule is CC1(C)[C@@H]2[C@H]3C(=O)N[C@H](C(=O)C(=O)NC4CC4)CCCCC(F)(F)CCCC[C@H](NC(=O)NC4(CS(=O)(=O)C(C)(C)C)CCCCC4)C(=O)N3C[C@@H]21. The van der Waals surface area contributed by atoms with Crippen molar-refractivity contribution in [2.24, 2.45) is 17.3 Å². The highest BCUT2D eigenvalue weighted by molar-refractivity contribution is 7.92. The number of nitrogens with one attached hydrogen (secondary N) is 4. The van der Waals surface area contributed by atoms with Crippen molar-refractivity contribution in [3.63, 3.8) is 0 Å². The summed E-state index contributed by atoms with van der Waals surface area (Å²) < 4.78 is 55.5. The molecule has 5 amide bonds. The summed E-state index contributed by atoms with van der Waals surface area (Å²) in [6.45, 7) is 9.13. The molecule has 0 aromatic heterocycles. The third-order valence-corrected chi connectivity index (χ3v) is 15.1. The molecule has 5 atom stereocenters. The van der Waals surface area contributed by atoms with E-state index in [-0.39, 0.29) is 74.1 Å². The molecule has 0 aromatic rings. The first-order valence-electron chi connectivity index (χ1n) is 19.3. The molecular weight excluding hydrogens is 696 g/mol. The van der Waals surface area contributed by atoms with Gasteiger partial charge in [-0.2, -0.15) is 0 Å². The first kappa shape index (κ1) is 40.3. The Morgan fingerprint density at radius 2 is 1.46 bits per heavy atom. The second kappa shape index (κ2) is 15.1. The normalized spacial score (nSPS) is 31.0. The van der Waals surface area contributed by atoms with Crippen LogP contribution in [0.1, 0.15) is 131 Å². The second-order valence-corrected chi connectivity index (χ2v) is 20.5. The van der Waals surface area contributed by atoms with Crippen molar-refractivity contribution >= 4 is 39.4 Å². The number of hydrogen-bond donors (Lipinski definition) is 4. The van der Waals surface area contributed by atoms with Crippen molar-refractivity contribution in [3.8, 4) is 0 Å². The van der Waals surface area contributed by atoms with Gasteiger partial charge in [-0.05, 0) is 89.4 Å². The molecule has 5 fully saturated rings. The van der Waals surface area contributed by atoms with Crippen molar-refractivity contribution in [1.29, 1.82) is 0 Å². The number of sulfone groups is 1. The Morgan fingerprint density at radius 3 is 2.06 bits per heavy atom. The zero-order valence-electron chi connectivity index (χ0n) is 31.5. The summed E-state index contributed by atoms with van der Waals surface area (Å²) in [6.07, 6.45) is 4.60. The van der Waals surface area contributed by atoms with Gasteiger partial charge in [-0.1, -0.05) is 46.0 Å². The maximum Gasteiger partial charge on any atom is 0.315 e. The first-order valence-corrected chi connectivity index (χ1v) is 21.0. The Kier molecular flexibility index (Phi) is 11.7. The number of piperidine rings is 1. The fourth-order valence-corrected chi connectivity index (χ4v) is 10.1. The number of alkyl halides is 2. The Hall–Kier alpha value is -2.84. The minimum absolute atomic E-state index is 0.00787. The number of urea groups is 1. The predicted octanol–water partition coefficient (Wildman–Crippen LogP) is 4.16. The molecule has 15 heteroatoms. The van der Waals surface area contributed by atoms with Gasteiger partial charge in [-0.15, -0.1) is 0 Å². The Morgan fingerprint density at radius 1 is 0.865 bits per heavy atom. The van der Waals surface area contributed by atoms with Crippen LogP contribution in [0.15, 0.2) is 0 Å². The average molecular weight is 756 g/mol. The summed E-state index contributed by atoms with van der Waals surface area (Å²) in [7, 11) is -3.63. The third-order valence-electron chi connectivity index (χ3n) is 12.3. The fraction of sp³-hybridized carbons (Fsp3) is 0.865. The molecular formula is C37H59F2N5O7S. The summed E-state index contributed by atoms with van der Waals surface area (Å²) in [5, 5.41) is 11.1. The number of carbonyl (C=O) groups excluding carboxylic acids is 5. The van der Waals surface area contributed by atoms with Crippen LogP contribution in [-0.4, -0.2) is 95.5 Å². The van der Waals surface area contributed by atoms with Gasteiger partial charge in [-0.25, -0.2) is 22.0 Å². The van der Waals surface area contributed by atoms with E-state index in [1.54, 1.807) is 20.8 Å². The average Bonchev–Trinajstić information content (AvgIpc) is 3.89. The van der Waals surface area contributed by atoms with E-state index < -0.39 is 86.5 Å². The number of nitrogens with zero attached hydrogens (tertiary/aromatic N) is 1. The van der Waals surface area contributed by atoms with Crippen LogP contribution in [0.2, 0.25) is 0 Å². The van der Waals surface area contributed by atoms with E-state index in [4.69, 9.17) is 0 Å². The largest absolute Gasteiger partial charge is 0.347 e. The van der Waals surface area contributed by atoms with Crippen LogP contribution >= 0.6 is 0 Å². The topological polar surface area (TPSA) is 171 Å². The number of hydrogen-bond acceptors (Lipinski definition) is 7. The lowest BCUT2D eigenvalue weighted by molar-refractivity contribution is -0.144. The van der Waals surface area contributed by atoms with E-state index in [1.807, 2.05) is 13.8 Å². The van der Waals surface area contributed by atoms with E-state index >= 15 is 0 Å². The molecule has 52 heavy (non-hydrogen) atoms. The van der Waals surface area contributed by atoms with Gasteiger partial charge < -0.3 is 26.2 Å². The van der Waals surface area contributed by atoms with Gasteiger partial charge in [0.2, 0.25) is 23.5 Å². The minimum atomic E-state index is -3.63. The molecule has 0 bridgehead atoms. The smallest absolute Gasteiger partial charge is 0.315 e. The van der Waals surface area contributed by atoms with E-state index in [1.165, 1.54) is 4.90 Å². The highest BCUT2D eigenvalue weighted by atomic mass is 32.2. The maximum absolute atomic E-state index is 14.9. The first-order chi connectivity index (χ1) is 24.2. The lowest BCUT2D eigenvalue weighted by Crippen LogP contribution is -2.62. The summed E-state index contributed by atoms with van der Waals surface area (Å²) in [4.78, 5) is 69.8. The van der Waals surface area contributed by atoms with Gasteiger partial charge in [0.15, 0.2) is 9.84 Å². The number of rotatable bonds is 7. The van der Waals surface area contributed by atoms with Crippen LogP contribution in [-0.2, 0) is 29.0 Å². The van der Waals surface area contributed by atoms with E-state index in [9.17, 15) is 41.2 Å². The van der Waals surface area contributed by atoms with Gasteiger partial charge in [0.1, 0.15) is 12.1 Å². The van der Waals surface area contributed by atoms with Crippen molar-refractivity contribution in [1.82, 2.24) is 26.2 Å². The van der Waals surface area contributed by atoms with Crippen molar-refractivity contribution in [3.05, 3.63) is 0 Å². The lowest BCUT2D eigenvalue weighted by Gasteiger charge is -2.40. The molecule has 0 aromatic carbocycles. The molecule has 4 N–H and O–H groups in total. The molecule has 0 radical (unpaired) electrons. The van der Waals surface area contributed by atoms with Gasteiger partial charge >= 0.3 is 6.03 Å². The minimum Gasteiger partial charge on any atom is -0.347 e. The zero-order valence-corrected chi connectivity index (χ0v) is 32.3. The van der Waals surface area contributed by atoms with Crippen LogP contribution in [0.25, 0.3) is 0 Å². The number of amides is 5. The summed E-state index contributed by atoms with van der Waals surface area (Å²) in [5.41, 5.74) is -1.30. The maximum atomic E-state index is 14.9. The van der Waals surface area contributed by atoms with Gasteiger partial charge in [0, 0.05) is 25.4 Å². The van der Waals surface area contributed by atoms with Crippen LogP contribution < -0.4 is 21.3 Å². The molecule has 12 nitrogen and oxygen atoms in total. The molecule has 5 aliphatic rings. The Labute approximate surface area is 307 Å². The highest BCUT2D eigenvalue weighted by Gasteiger charge is 2.69. The molecule has 0 spiro atoms. The van der Waals surface area contributed by atoms with Gasteiger partial charge in [-0.3, -0.25) is 19.2 Å². The molecule has 0 unspecified atom stereocenters. The molecule has 294 valence electrons. The van der Waals surface area contributed by atoms with Gasteiger partial charge in [0.05, 0.1) is 22.1 Å². The lowest BCUT2D eigenvalue weighted by atomic mass is 9.83. The Bertz CT molecular complexity index is 1500. The predicted molar refractivity (Wildman–Crippen MR) is 191 cm³/mol. The van der Waals surface area contributed by atoms with E-state index in [0.29, 0.717) is 12.8 Å². The highest BCUT2D eigenvalue weighted by Crippen LogP contribution is 2.65. The van der Waals surface area contributed by atoms with E-state index in [0.717, 1.165) is 32.1 Å². The van der Waals surface area contributed by atoms with Crippen LogP contribution in [0, 0.1) is 17.3 Å². The van der Waals surface area contributed by atoms with Crippen molar-refractivity contribution < 1.29 is 41.2 Å². The number of carbonyl (C=O) groups is 5. The quantitative estimate of drug-likeness (QED) is 0.283. The summed E-state index contributed by atoms with van der Waals surface area (Å²) >= 11 is 0. The molecule has 2 aliphatic heterocycles. The molecule has 2 heterocycles. The fourth-order valence-electron chi connectivity index (χ4n) is 8.58. The number of fused-ring (bicyclic) bond motifs is 3. The van der Waals surface area contributed by atoms with Crippen LogP contribution in [0.5, 0.6) is 0 Å². The summed E-state index contributed by atoms with van der Waals surface area (Å²) in [5.74, 6) is -6.25. The van der Waals surface area contributed by atoms with Crippen LogP contribution in [0.4, 0.5) is 13.6 Å². The molecule has 5 rings (SSSR count). The van der Waals surface area contributed by atoms with E-state index in [2.05, 4.69) is 21.3 Å². The molecule has 3 saturated carbocycles. The molecule has 3 aliphatic carbocycles. The number of halogens is 2. The zero-order chi connectivity index (χ0) is 38.3.